The topological polar surface area (TPSA) is 64.6 Å². The Labute approximate surface area is 145 Å². The second kappa shape index (κ2) is 8.86. The van der Waals surface area contributed by atoms with Crippen LogP contribution in [0.25, 0.3) is 0 Å². The summed E-state index contributed by atoms with van der Waals surface area (Å²) >= 11 is 0. The zero-order valence-electron chi connectivity index (χ0n) is 13.7. The molecule has 1 saturated carbocycles. The number of hydrogen-bond donors (Lipinski definition) is 1. The summed E-state index contributed by atoms with van der Waals surface area (Å²) in [5.74, 6) is 0.631. The first-order valence-electron chi connectivity index (χ1n) is 8.17. The van der Waals surface area contributed by atoms with Crippen molar-refractivity contribution in [3.8, 4) is 5.75 Å². The summed E-state index contributed by atoms with van der Waals surface area (Å²) in [5.41, 5.74) is 0. The van der Waals surface area contributed by atoms with Gasteiger partial charge in [0.05, 0.1) is 11.0 Å². The van der Waals surface area contributed by atoms with Gasteiger partial charge in [-0.2, -0.15) is 13.2 Å². The summed E-state index contributed by atoms with van der Waals surface area (Å²) < 4.78 is 72.4. The molecule has 1 aromatic carbocycles. The lowest BCUT2D eigenvalue weighted by Crippen LogP contribution is -2.26. The summed E-state index contributed by atoms with van der Waals surface area (Å²) in [5, 5.41) is 0. The minimum absolute atomic E-state index is 0.000512. The van der Waals surface area contributed by atoms with E-state index in [0.717, 1.165) is 25.7 Å². The predicted molar refractivity (Wildman–Crippen MR) is 86.0 cm³/mol. The Morgan fingerprint density at radius 1 is 1.12 bits per heavy atom. The van der Waals surface area contributed by atoms with Crippen molar-refractivity contribution in [1.82, 2.24) is 4.72 Å². The SMILES string of the molecule is O=S(=O)(NCCCOCC(F)(F)F)c1ccc(OC2CCCC2)cc1. The number of sulfonamides is 1. The van der Waals surface area contributed by atoms with Crippen LogP contribution in [0, 0.1) is 0 Å². The van der Waals surface area contributed by atoms with E-state index in [2.05, 4.69) is 9.46 Å². The molecule has 0 unspecified atom stereocenters. The van der Waals surface area contributed by atoms with Crippen molar-refractivity contribution in [2.45, 2.75) is 49.3 Å². The highest BCUT2D eigenvalue weighted by atomic mass is 32.2. The van der Waals surface area contributed by atoms with Crippen LogP contribution in [0.5, 0.6) is 5.75 Å². The van der Waals surface area contributed by atoms with E-state index >= 15 is 0 Å². The summed E-state index contributed by atoms with van der Waals surface area (Å²) in [4.78, 5) is 0.0856. The number of nitrogens with one attached hydrogen (secondary N) is 1. The third-order valence-corrected chi connectivity index (χ3v) is 5.24. The molecule has 2 rings (SSSR count). The maximum Gasteiger partial charge on any atom is 0.411 e. The van der Waals surface area contributed by atoms with Gasteiger partial charge in [0.1, 0.15) is 12.4 Å². The van der Waals surface area contributed by atoms with Crippen molar-refractivity contribution < 1.29 is 31.1 Å². The van der Waals surface area contributed by atoms with Crippen LogP contribution in [0.15, 0.2) is 29.2 Å². The zero-order chi connectivity index (χ0) is 18.3. The van der Waals surface area contributed by atoms with Gasteiger partial charge in [0.2, 0.25) is 10.0 Å². The molecule has 1 N–H and O–H groups in total. The predicted octanol–water partition coefficient (Wildman–Crippen LogP) is 3.26. The molecular formula is C16H22F3NO4S. The van der Waals surface area contributed by atoms with E-state index in [1.54, 1.807) is 12.1 Å². The maximum atomic E-state index is 12.1. The molecule has 0 bridgehead atoms. The Bertz CT molecular complexity index is 626. The molecule has 1 aliphatic carbocycles. The van der Waals surface area contributed by atoms with Crippen LogP contribution in [-0.2, 0) is 14.8 Å². The van der Waals surface area contributed by atoms with Gasteiger partial charge >= 0.3 is 6.18 Å². The molecule has 9 heteroatoms. The van der Waals surface area contributed by atoms with Gasteiger partial charge in [0.15, 0.2) is 0 Å². The molecule has 0 amide bonds. The lowest BCUT2D eigenvalue weighted by molar-refractivity contribution is -0.173. The molecule has 142 valence electrons. The number of benzene rings is 1. The number of hydrogen-bond acceptors (Lipinski definition) is 4. The fraction of sp³-hybridized carbons (Fsp3) is 0.625. The molecule has 1 fully saturated rings. The van der Waals surface area contributed by atoms with Crippen molar-refractivity contribution in [3.63, 3.8) is 0 Å². The molecule has 0 saturated heterocycles. The maximum absolute atomic E-state index is 12.1. The van der Waals surface area contributed by atoms with Gasteiger partial charge in [-0.05, 0) is 56.4 Å². The summed E-state index contributed by atoms with van der Waals surface area (Å²) in [7, 11) is -3.70. The second-order valence-corrected chi connectivity index (χ2v) is 7.68. The Kier molecular flexibility index (Phi) is 7.09. The highest BCUT2D eigenvalue weighted by Crippen LogP contribution is 2.24. The Morgan fingerprint density at radius 2 is 1.76 bits per heavy atom. The molecule has 0 aliphatic heterocycles. The van der Waals surface area contributed by atoms with Crippen LogP contribution in [0.1, 0.15) is 32.1 Å². The fourth-order valence-electron chi connectivity index (χ4n) is 2.55. The zero-order valence-corrected chi connectivity index (χ0v) is 14.5. The van der Waals surface area contributed by atoms with Gasteiger partial charge in [-0.1, -0.05) is 0 Å². The van der Waals surface area contributed by atoms with E-state index in [-0.39, 0.29) is 30.6 Å². The van der Waals surface area contributed by atoms with E-state index in [1.807, 2.05) is 0 Å². The molecule has 5 nitrogen and oxygen atoms in total. The molecule has 25 heavy (non-hydrogen) atoms. The van der Waals surface area contributed by atoms with Gasteiger partial charge in [-0.3, -0.25) is 0 Å². The first-order valence-corrected chi connectivity index (χ1v) is 9.65. The Morgan fingerprint density at radius 3 is 2.36 bits per heavy atom. The van der Waals surface area contributed by atoms with Gasteiger partial charge in [-0.15, -0.1) is 0 Å². The normalized spacial score (nSPS) is 16.3. The Balaban J connectivity index is 1.75. The third kappa shape index (κ3) is 7.21. The van der Waals surface area contributed by atoms with Crippen LogP contribution < -0.4 is 9.46 Å². The molecular weight excluding hydrogens is 359 g/mol. The first-order chi connectivity index (χ1) is 11.8. The van der Waals surface area contributed by atoms with E-state index < -0.39 is 22.8 Å². The second-order valence-electron chi connectivity index (χ2n) is 5.91. The van der Waals surface area contributed by atoms with Crippen molar-refractivity contribution in [2.24, 2.45) is 0 Å². The molecule has 0 radical (unpaired) electrons. The highest BCUT2D eigenvalue weighted by Gasteiger charge is 2.27. The summed E-state index contributed by atoms with van der Waals surface area (Å²) in [6.07, 6.45) is 0.287. The molecule has 1 aromatic rings. The van der Waals surface area contributed by atoms with Crippen LogP contribution in [0.3, 0.4) is 0 Å². The number of alkyl halides is 3. The number of rotatable bonds is 9. The average molecular weight is 381 g/mol. The van der Waals surface area contributed by atoms with Gasteiger partial charge in [0, 0.05) is 13.2 Å². The van der Waals surface area contributed by atoms with Crippen molar-refractivity contribution >= 4 is 10.0 Å². The first kappa shape index (κ1) is 20.0. The molecule has 1 aliphatic rings. The van der Waals surface area contributed by atoms with Gasteiger partial charge in [0.25, 0.3) is 0 Å². The lowest BCUT2D eigenvalue weighted by Gasteiger charge is -2.13. The third-order valence-electron chi connectivity index (χ3n) is 3.76. The molecule has 0 atom stereocenters. The molecule has 0 heterocycles. The van der Waals surface area contributed by atoms with E-state index in [4.69, 9.17) is 4.74 Å². The minimum atomic E-state index is -4.37. The summed E-state index contributed by atoms with van der Waals surface area (Å²) in [6.45, 7) is -1.50. The van der Waals surface area contributed by atoms with Crippen LogP contribution >= 0.6 is 0 Å². The lowest BCUT2D eigenvalue weighted by atomic mass is 10.3. The Hall–Kier alpha value is -1.32. The van der Waals surface area contributed by atoms with E-state index in [1.165, 1.54) is 12.1 Å². The van der Waals surface area contributed by atoms with E-state index in [9.17, 15) is 21.6 Å². The number of halogens is 3. The average Bonchev–Trinajstić information content (AvgIpc) is 3.03. The highest BCUT2D eigenvalue weighted by molar-refractivity contribution is 7.89. The quantitative estimate of drug-likeness (QED) is 0.667. The van der Waals surface area contributed by atoms with Crippen LogP contribution in [0.2, 0.25) is 0 Å². The van der Waals surface area contributed by atoms with E-state index in [0.29, 0.717) is 5.75 Å². The van der Waals surface area contributed by atoms with Crippen molar-refractivity contribution in [3.05, 3.63) is 24.3 Å². The van der Waals surface area contributed by atoms with Crippen LogP contribution in [0.4, 0.5) is 13.2 Å². The van der Waals surface area contributed by atoms with Crippen molar-refractivity contribution in [2.75, 3.05) is 19.8 Å². The standard InChI is InChI=1S/C16H22F3NO4S/c17-16(18,19)12-23-11-3-10-20-25(21,22)15-8-6-14(7-9-15)24-13-4-1-2-5-13/h6-9,13,20H,1-5,10-12H2. The minimum Gasteiger partial charge on any atom is -0.490 e. The summed E-state index contributed by atoms with van der Waals surface area (Å²) in [6, 6.07) is 6.12. The van der Waals surface area contributed by atoms with Crippen molar-refractivity contribution in [1.29, 1.82) is 0 Å². The number of ether oxygens (including phenoxy) is 2. The monoisotopic (exact) mass is 381 g/mol. The fourth-order valence-corrected chi connectivity index (χ4v) is 3.62. The smallest absolute Gasteiger partial charge is 0.411 e. The van der Waals surface area contributed by atoms with Gasteiger partial charge in [-0.25, -0.2) is 13.1 Å². The molecule has 0 spiro atoms. The molecule has 0 aromatic heterocycles. The largest absolute Gasteiger partial charge is 0.490 e. The van der Waals surface area contributed by atoms with Gasteiger partial charge < -0.3 is 9.47 Å². The van der Waals surface area contributed by atoms with Crippen LogP contribution in [-0.4, -0.2) is 40.5 Å².